The number of carbonyl (C=O) groups is 6. The summed E-state index contributed by atoms with van der Waals surface area (Å²) < 4.78 is 11.4. The molecule has 3 N–H and O–H groups in total. The maximum Gasteiger partial charge on any atom is 0.410 e. The van der Waals surface area contributed by atoms with Crippen LogP contribution in [0.3, 0.4) is 0 Å². The average Bonchev–Trinajstić information content (AvgIpc) is 3.77. The summed E-state index contributed by atoms with van der Waals surface area (Å²) in [6, 6.07) is 7.89. The van der Waals surface area contributed by atoms with E-state index in [2.05, 4.69) is 27.0 Å². The number of benzene rings is 1. The molecule has 0 radical (unpaired) electrons. The van der Waals surface area contributed by atoms with Crippen molar-refractivity contribution >= 4 is 35.7 Å². The van der Waals surface area contributed by atoms with Crippen molar-refractivity contribution in [3.8, 4) is 0 Å². The number of ketones is 1. The first kappa shape index (κ1) is 39.2. The molecule has 5 rings (SSSR count). The lowest BCUT2D eigenvalue weighted by Crippen LogP contribution is -2.59. The van der Waals surface area contributed by atoms with E-state index < -0.39 is 65.3 Å². The van der Waals surface area contributed by atoms with Crippen molar-refractivity contribution in [2.45, 2.75) is 123 Å². The molecule has 53 heavy (non-hydrogen) atoms. The Kier molecular flexibility index (Phi) is 13.1. The van der Waals surface area contributed by atoms with Crippen molar-refractivity contribution < 1.29 is 38.2 Å². The van der Waals surface area contributed by atoms with Crippen molar-refractivity contribution in [1.82, 2.24) is 30.7 Å². The van der Waals surface area contributed by atoms with Crippen LogP contribution in [0.2, 0.25) is 0 Å². The van der Waals surface area contributed by atoms with Gasteiger partial charge in [-0.2, -0.15) is 0 Å². The van der Waals surface area contributed by atoms with Gasteiger partial charge in [-0.3, -0.25) is 29.1 Å². The summed E-state index contributed by atoms with van der Waals surface area (Å²) in [6.45, 7) is 8.09. The minimum Gasteiger partial charge on any atom is -0.450 e. The first-order chi connectivity index (χ1) is 25.3. The largest absolute Gasteiger partial charge is 0.450 e. The lowest BCUT2D eigenvalue weighted by molar-refractivity contribution is -0.144. The summed E-state index contributed by atoms with van der Waals surface area (Å²) in [4.78, 5) is 88.3. The molecule has 286 valence electrons. The van der Waals surface area contributed by atoms with E-state index in [1.807, 2.05) is 19.1 Å². The minimum absolute atomic E-state index is 0.0309. The molecule has 1 unspecified atom stereocenters. The first-order valence-corrected chi connectivity index (χ1v) is 18.7. The van der Waals surface area contributed by atoms with Crippen LogP contribution in [-0.2, 0) is 54.7 Å². The molecule has 2 aromatic rings. The topological polar surface area (TPSA) is 176 Å². The van der Waals surface area contributed by atoms with Gasteiger partial charge in [0.15, 0.2) is 0 Å². The number of rotatable bonds is 8. The van der Waals surface area contributed by atoms with E-state index in [4.69, 9.17) is 9.47 Å². The van der Waals surface area contributed by atoms with E-state index in [1.165, 1.54) is 10.5 Å². The number of hydrogen-bond donors (Lipinski definition) is 3. The van der Waals surface area contributed by atoms with E-state index in [1.54, 1.807) is 50.1 Å². The number of pyridine rings is 1. The highest BCUT2D eigenvalue weighted by atomic mass is 16.6. The van der Waals surface area contributed by atoms with Crippen LogP contribution in [0.1, 0.15) is 95.0 Å². The average molecular weight is 733 g/mol. The molecule has 0 saturated carbocycles. The van der Waals surface area contributed by atoms with Gasteiger partial charge in [0.05, 0.1) is 31.4 Å². The number of hydrogen-bond acceptors (Lipinski definition) is 9. The maximum absolute atomic E-state index is 14.4. The van der Waals surface area contributed by atoms with Crippen LogP contribution in [0.15, 0.2) is 42.6 Å². The second kappa shape index (κ2) is 17.7. The highest BCUT2D eigenvalue weighted by Gasteiger charge is 2.47. The lowest BCUT2D eigenvalue weighted by atomic mass is 9.85. The number of alkyl carbamates (subject to hydrolysis) is 1. The third-order valence-corrected chi connectivity index (χ3v) is 9.99. The maximum atomic E-state index is 14.4. The smallest absolute Gasteiger partial charge is 0.410 e. The standard InChI is InChI=1S/C39H52N6O8/c1-5-13-30(32(46)35(48)41-21-27-17-9-10-18-40-27)42-34(47)31-20-28-23-45(31)36(49)33(39(2,3)4)43-37(50)52-19-11-7-6-8-14-25-15-12-16-26-22-44(24-29(25)26)38(51)53-28/h9-10,12,15-18,28,30-31,33H,5-8,11,13-14,19-24H2,1-4H3,(H,41,48)(H,42,47)(H,43,50)/t28?,30-,31-,33+/m0/s1. The van der Waals surface area contributed by atoms with Crippen LogP contribution in [-0.4, -0.2) is 87.9 Å². The zero-order valence-corrected chi connectivity index (χ0v) is 31.2. The van der Waals surface area contributed by atoms with Crippen molar-refractivity contribution in [3.05, 3.63) is 65.0 Å². The summed E-state index contributed by atoms with van der Waals surface area (Å²) in [5, 5.41) is 8.00. The molecule has 3 aliphatic rings. The number of Topliss-reactive ketones (excluding diaryl/α,β-unsaturated/α-hetero) is 1. The summed E-state index contributed by atoms with van der Waals surface area (Å²) in [5.41, 5.74) is 3.13. The zero-order valence-electron chi connectivity index (χ0n) is 31.2. The Bertz CT molecular complexity index is 1660. The minimum atomic E-state index is -1.17. The van der Waals surface area contributed by atoms with Gasteiger partial charge in [0.1, 0.15) is 18.2 Å². The van der Waals surface area contributed by atoms with Gasteiger partial charge in [-0.15, -0.1) is 0 Å². The van der Waals surface area contributed by atoms with Gasteiger partial charge >= 0.3 is 12.2 Å². The fraction of sp³-hybridized carbons (Fsp3) is 0.564. The summed E-state index contributed by atoms with van der Waals surface area (Å²) in [5.74, 6) is -2.94. The van der Waals surface area contributed by atoms with Crippen molar-refractivity contribution in [2.75, 3.05) is 13.2 Å². The fourth-order valence-corrected chi connectivity index (χ4v) is 7.10. The highest BCUT2D eigenvalue weighted by Crippen LogP contribution is 2.31. The molecule has 1 aromatic heterocycles. The predicted molar refractivity (Wildman–Crippen MR) is 194 cm³/mol. The second-order valence-electron chi connectivity index (χ2n) is 15.1. The van der Waals surface area contributed by atoms with Gasteiger partial charge in [-0.25, -0.2) is 9.59 Å². The van der Waals surface area contributed by atoms with E-state index in [0.29, 0.717) is 31.6 Å². The number of nitrogens with zero attached hydrogens (tertiary/aromatic N) is 3. The third-order valence-electron chi connectivity index (χ3n) is 9.99. The number of aromatic nitrogens is 1. The van der Waals surface area contributed by atoms with Gasteiger partial charge in [-0.1, -0.05) is 71.2 Å². The first-order valence-electron chi connectivity index (χ1n) is 18.7. The molecular weight excluding hydrogens is 680 g/mol. The Labute approximate surface area is 310 Å². The van der Waals surface area contributed by atoms with Crippen LogP contribution in [0.25, 0.3) is 0 Å². The van der Waals surface area contributed by atoms with Gasteiger partial charge in [0.25, 0.3) is 5.91 Å². The fourth-order valence-electron chi connectivity index (χ4n) is 7.10. The molecule has 4 atom stereocenters. The summed E-state index contributed by atoms with van der Waals surface area (Å²) >= 11 is 0. The normalized spacial score (nSPS) is 21.9. The van der Waals surface area contributed by atoms with Crippen molar-refractivity contribution in [1.29, 1.82) is 0 Å². The van der Waals surface area contributed by atoms with Crippen molar-refractivity contribution in [3.63, 3.8) is 0 Å². The Morgan fingerprint density at radius 3 is 2.51 bits per heavy atom. The Morgan fingerprint density at radius 2 is 1.77 bits per heavy atom. The quantitative estimate of drug-likeness (QED) is 0.340. The molecule has 1 saturated heterocycles. The molecule has 3 aliphatic heterocycles. The molecule has 14 heteroatoms. The second-order valence-corrected chi connectivity index (χ2v) is 15.1. The molecule has 1 aromatic carbocycles. The number of fused-ring (bicyclic) bond motifs is 3. The number of ether oxygens (including phenoxy) is 2. The van der Waals surface area contributed by atoms with Gasteiger partial charge < -0.3 is 30.3 Å². The van der Waals surface area contributed by atoms with Crippen LogP contribution in [0.5, 0.6) is 0 Å². The number of nitrogens with one attached hydrogen (secondary N) is 3. The number of cyclic esters (lactones) is 1. The van der Waals surface area contributed by atoms with Crippen molar-refractivity contribution in [2.24, 2.45) is 5.41 Å². The van der Waals surface area contributed by atoms with Gasteiger partial charge in [-0.05, 0) is 59.9 Å². The molecule has 0 spiro atoms. The Balaban J connectivity index is 1.37. The number of aryl methyl sites for hydroxylation is 1. The monoisotopic (exact) mass is 732 g/mol. The van der Waals surface area contributed by atoms with Gasteiger partial charge in [0.2, 0.25) is 17.6 Å². The van der Waals surface area contributed by atoms with E-state index in [0.717, 1.165) is 36.8 Å². The van der Waals surface area contributed by atoms with E-state index >= 15 is 0 Å². The SMILES string of the molecule is CCC[C@H](NC(=O)[C@@H]1CC2CN1C(=O)[C@H](C(C)(C)C)NC(=O)OCCCCCCc1cccc3c1CN(C3)C(=O)O2)C(=O)C(=O)NCc1ccccn1. The summed E-state index contributed by atoms with van der Waals surface area (Å²) in [6.07, 6.45) is 4.33. The van der Waals surface area contributed by atoms with Crippen LogP contribution < -0.4 is 16.0 Å². The van der Waals surface area contributed by atoms with Crippen LogP contribution in [0, 0.1) is 5.41 Å². The van der Waals surface area contributed by atoms with Crippen LogP contribution >= 0.6 is 0 Å². The predicted octanol–water partition coefficient (Wildman–Crippen LogP) is 3.93. The third kappa shape index (κ3) is 10.1. The zero-order chi connectivity index (χ0) is 38.1. The van der Waals surface area contributed by atoms with E-state index in [9.17, 15) is 28.8 Å². The lowest BCUT2D eigenvalue weighted by Gasteiger charge is -2.35. The van der Waals surface area contributed by atoms with Crippen LogP contribution in [0.4, 0.5) is 9.59 Å². The molecule has 1 fully saturated rings. The summed E-state index contributed by atoms with van der Waals surface area (Å²) in [7, 11) is 0. The molecule has 4 bridgehead atoms. The Morgan fingerprint density at radius 1 is 1.00 bits per heavy atom. The number of carbonyl (C=O) groups excluding carboxylic acids is 6. The molecule has 4 heterocycles. The highest BCUT2D eigenvalue weighted by molar-refractivity contribution is 6.38. The van der Waals surface area contributed by atoms with E-state index in [-0.39, 0.29) is 32.5 Å². The molecule has 5 amide bonds. The number of amides is 5. The van der Waals surface area contributed by atoms with Gasteiger partial charge in [0, 0.05) is 25.7 Å². The molecule has 14 nitrogen and oxygen atoms in total. The Hall–Kier alpha value is -5.01. The molecular formula is C39H52N6O8. The molecule has 0 aliphatic carbocycles.